The van der Waals surface area contributed by atoms with Crippen LogP contribution in [0.1, 0.15) is 39.2 Å². The van der Waals surface area contributed by atoms with E-state index in [1.165, 1.54) is 6.92 Å². The molecule has 0 fully saturated rings. The van der Waals surface area contributed by atoms with Crippen molar-refractivity contribution in [2.45, 2.75) is 39.2 Å². The number of hydrogen-bond acceptors (Lipinski definition) is 3. The molecule has 20 heavy (non-hydrogen) atoms. The van der Waals surface area contributed by atoms with Gasteiger partial charge in [-0.2, -0.15) is 0 Å². The molecule has 0 aliphatic carbocycles. The molecule has 0 saturated heterocycles. The monoisotopic (exact) mass is 286 g/mol. The molecule has 0 bridgehead atoms. The Morgan fingerprint density at radius 1 is 1.30 bits per heavy atom. The first-order chi connectivity index (χ1) is 9.32. The number of rotatable bonds is 6. The number of carbonyl (C=O) groups excluding carboxylic acids is 1. The average molecular weight is 286 g/mol. The molecule has 0 aliphatic rings. The molecule has 3 nitrogen and oxygen atoms in total. The molecule has 0 aromatic heterocycles. The van der Waals surface area contributed by atoms with Crippen LogP contribution in [0, 0.1) is 17.6 Å². The van der Waals surface area contributed by atoms with Crippen LogP contribution in [0.4, 0.5) is 8.78 Å². The third-order valence-electron chi connectivity index (χ3n) is 3.27. The van der Waals surface area contributed by atoms with E-state index in [-0.39, 0.29) is 12.2 Å². The first kappa shape index (κ1) is 16.6. The van der Waals surface area contributed by atoms with Gasteiger partial charge in [-0.15, -0.1) is 0 Å². The van der Waals surface area contributed by atoms with Crippen molar-refractivity contribution < 1.29 is 23.4 Å². The maximum absolute atomic E-state index is 13.3. The molecule has 0 aliphatic heterocycles. The lowest BCUT2D eigenvalue weighted by Gasteiger charge is -2.31. The smallest absolute Gasteiger partial charge is 0.312 e. The number of halogens is 2. The number of benzene rings is 1. The van der Waals surface area contributed by atoms with Crippen LogP contribution in [-0.4, -0.2) is 17.7 Å². The molecule has 1 rings (SSSR count). The van der Waals surface area contributed by atoms with E-state index in [0.717, 1.165) is 18.2 Å². The van der Waals surface area contributed by atoms with Crippen LogP contribution in [0.3, 0.4) is 0 Å². The predicted octanol–water partition coefficient (Wildman–Crippen LogP) is 3.15. The van der Waals surface area contributed by atoms with Gasteiger partial charge in [-0.1, -0.05) is 13.3 Å². The molecule has 0 amide bonds. The molecule has 2 unspecified atom stereocenters. The highest BCUT2D eigenvalue weighted by molar-refractivity contribution is 5.74. The van der Waals surface area contributed by atoms with Gasteiger partial charge in [-0.05, 0) is 38.0 Å². The van der Waals surface area contributed by atoms with Crippen molar-refractivity contribution in [3.05, 3.63) is 35.4 Å². The Morgan fingerprint density at radius 2 is 1.85 bits per heavy atom. The van der Waals surface area contributed by atoms with Crippen LogP contribution in [0.2, 0.25) is 0 Å². The average Bonchev–Trinajstić information content (AvgIpc) is 2.34. The molecule has 5 heteroatoms. The van der Waals surface area contributed by atoms with E-state index in [4.69, 9.17) is 4.74 Å². The summed E-state index contributed by atoms with van der Waals surface area (Å²) in [5, 5.41) is 10.6. The molecule has 112 valence electrons. The van der Waals surface area contributed by atoms with Crippen molar-refractivity contribution in [2.24, 2.45) is 5.92 Å². The van der Waals surface area contributed by atoms with Gasteiger partial charge in [0, 0.05) is 6.07 Å². The molecule has 1 aromatic carbocycles. The Morgan fingerprint density at radius 3 is 2.30 bits per heavy atom. The van der Waals surface area contributed by atoms with E-state index in [1.807, 2.05) is 6.92 Å². The van der Waals surface area contributed by atoms with Gasteiger partial charge in [-0.25, -0.2) is 8.78 Å². The van der Waals surface area contributed by atoms with Crippen molar-refractivity contribution in [1.29, 1.82) is 0 Å². The minimum absolute atomic E-state index is 0.0292. The SMILES string of the molecule is CCCC(C(=O)OCC)C(C)(O)c1cc(F)cc(F)c1. The fourth-order valence-electron chi connectivity index (χ4n) is 2.21. The zero-order valence-corrected chi connectivity index (χ0v) is 12.0. The fraction of sp³-hybridized carbons (Fsp3) is 0.533. The zero-order chi connectivity index (χ0) is 15.3. The van der Waals surface area contributed by atoms with Crippen LogP contribution in [-0.2, 0) is 15.1 Å². The highest BCUT2D eigenvalue weighted by atomic mass is 19.1. The quantitative estimate of drug-likeness (QED) is 0.817. The Labute approximate surface area is 117 Å². The van der Waals surface area contributed by atoms with Gasteiger partial charge >= 0.3 is 5.97 Å². The molecule has 0 spiro atoms. The van der Waals surface area contributed by atoms with Gasteiger partial charge in [-0.3, -0.25) is 4.79 Å². The lowest BCUT2D eigenvalue weighted by atomic mass is 9.80. The summed E-state index contributed by atoms with van der Waals surface area (Å²) in [5.41, 5.74) is -1.66. The van der Waals surface area contributed by atoms with Gasteiger partial charge < -0.3 is 9.84 Å². The van der Waals surface area contributed by atoms with E-state index in [1.54, 1.807) is 6.92 Å². The molecule has 0 saturated carbocycles. The number of esters is 1. The summed E-state index contributed by atoms with van der Waals surface area (Å²) in [6, 6.07) is 2.79. The fourth-order valence-corrected chi connectivity index (χ4v) is 2.21. The summed E-state index contributed by atoms with van der Waals surface area (Å²) in [6.07, 6.45) is 1.00. The van der Waals surface area contributed by atoms with Gasteiger partial charge in [0.15, 0.2) is 0 Å². The number of hydrogen-bond donors (Lipinski definition) is 1. The van der Waals surface area contributed by atoms with E-state index in [0.29, 0.717) is 12.8 Å². The van der Waals surface area contributed by atoms with Crippen molar-refractivity contribution in [3.8, 4) is 0 Å². The summed E-state index contributed by atoms with van der Waals surface area (Å²) >= 11 is 0. The van der Waals surface area contributed by atoms with Gasteiger partial charge in [0.25, 0.3) is 0 Å². The second kappa shape index (κ2) is 6.79. The van der Waals surface area contributed by atoms with Crippen molar-refractivity contribution >= 4 is 5.97 Å². The van der Waals surface area contributed by atoms with Crippen LogP contribution >= 0.6 is 0 Å². The van der Waals surface area contributed by atoms with Crippen LogP contribution in [0.25, 0.3) is 0 Å². The number of ether oxygens (including phenoxy) is 1. The summed E-state index contributed by atoms with van der Waals surface area (Å²) in [5.74, 6) is -3.02. The second-order valence-electron chi connectivity index (χ2n) is 4.90. The Hall–Kier alpha value is -1.49. The van der Waals surface area contributed by atoms with Crippen molar-refractivity contribution in [1.82, 2.24) is 0 Å². The zero-order valence-electron chi connectivity index (χ0n) is 12.0. The maximum atomic E-state index is 13.3. The van der Waals surface area contributed by atoms with Crippen molar-refractivity contribution in [3.63, 3.8) is 0 Å². The third kappa shape index (κ3) is 3.76. The first-order valence-corrected chi connectivity index (χ1v) is 6.68. The molecule has 1 N–H and O–H groups in total. The second-order valence-corrected chi connectivity index (χ2v) is 4.90. The van der Waals surface area contributed by atoms with Crippen LogP contribution in [0.5, 0.6) is 0 Å². The lowest BCUT2D eigenvalue weighted by Crippen LogP contribution is -2.38. The van der Waals surface area contributed by atoms with Gasteiger partial charge in [0.1, 0.15) is 17.2 Å². The first-order valence-electron chi connectivity index (χ1n) is 6.68. The summed E-state index contributed by atoms with van der Waals surface area (Å²) in [6.45, 7) is 5.08. The Bertz CT molecular complexity index is 452. The predicted molar refractivity (Wildman–Crippen MR) is 71.0 cm³/mol. The summed E-state index contributed by atoms with van der Waals surface area (Å²) < 4.78 is 31.5. The van der Waals surface area contributed by atoms with Crippen LogP contribution in [0.15, 0.2) is 18.2 Å². The van der Waals surface area contributed by atoms with E-state index in [2.05, 4.69) is 0 Å². The molecule has 1 aromatic rings. The molecule has 2 atom stereocenters. The number of aliphatic hydroxyl groups is 1. The minimum Gasteiger partial charge on any atom is -0.466 e. The van der Waals surface area contributed by atoms with Crippen LogP contribution < -0.4 is 0 Å². The maximum Gasteiger partial charge on any atom is 0.312 e. The third-order valence-corrected chi connectivity index (χ3v) is 3.27. The lowest BCUT2D eigenvalue weighted by molar-refractivity contribution is -0.158. The molecular formula is C15H20F2O3. The number of carbonyl (C=O) groups is 1. The standard InChI is InChI=1S/C15H20F2O3/c1-4-6-13(14(18)20-5-2)15(3,19)10-7-11(16)9-12(17)8-10/h7-9,13,19H,4-6H2,1-3H3. The van der Waals surface area contributed by atoms with Crippen molar-refractivity contribution in [2.75, 3.05) is 6.61 Å². The normalized spacial score (nSPS) is 15.5. The van der Waals surface area contributed by atoms with Gasteiger partial charge in [0.05, 0.1) is 12.5 Å². The molecule has 0 radical (unpaired) electrons. The van der Waals surface area contributed by atoms with Gasteiger partial charge in [0.2, 0.25) is 0 Å². The van der Waals surface area contributed by atoms with E-state index in [9.17, 15) is 18.7 Å². The minimum atomic E-state index is -1.69. The summed E-state index contributed by atoms with van der Waals surface area (Å²) in [4.78, 5) is 12.0. The topological polar surface area (TPSA) is 46.5 Å². The largest absolute Gasteiger partial charge is 0.466 e. The van der Waals surface area contributed by atoms with E-state index < -0.39 is 29.1 Å². The molecular weight excluding hydrogens is 266 g/mol. The van der Waals surface area contributed by atoms with E-state index >= 15 is 0 Å². The Balaban J connectivity index is 3.17. The summed E-state index contributed by atoms with van der Waals surface area (Å²) in [7, 11) is 0. The Kier molecular flexibility index (Phi) is 5.62. The highest BCUT2D eigenvalue weighted by Crippen LogP contribution is 2.34. The highest BCUT2D eigenvalue weighted by Gasteiger charge is 2.39. The molecule has 0 heterocycles.